The maximum Gasteiger partial charge on any atom is 0.0411 e. The Morgan fingerprint density at radius 1 is 1.69 bits per heavy atom. The molecule has 0 aliphatic heterocycles. The van der Waals surface area contributed by atoms with Gasteiger partial charge in [-0.25, -0.2) is 0 Å². The Bertz CT molecular complexity index is 262. The largest absolute Gasteiger partial charge is 0.329 e. The van der Waals surface area contributed by atoms with Crippen LogP contribution in [0.3, 0.4) is 0 Å². The number of likely N-dealkylation sites (N-methyl/N-ethyl adjacent to an activating group) is 1. The van der Waals surface area contributed by atoms with Crippen molar-refractivity contribution in [3.05, 3.63) is 20.8 Å². The topological polar surface area (TPSA) is 29.3 Å². The second kappa shape index (κ2) is 5.10. The number of rotatable bonds is 4. The number of halogens is 1. The molecule has 4 heteroatoms. The van der Waals surface area contributed by atoms with E-state index in [2.05, 4.69) is 46.2 Å². The van der Waals surface area contributed by atoms with Crippen molar-refractivity contribution in [2.45, 2.75) is 13.0 Å². The Kier molecular flexibility index (Phi) is 4.38. The summed E-state index contributed by atoms with van der Waals surface area (Å²) in [5.74, 6) is 0. The van der Waals surface area contributed by atoms with Crippen molar-refractivity contribution < 1.29 is 0 Å². The Hall–Kier alpha value is 0.1000. The molecule has 0 saturated carbocycles. The molecule has 0 radical (unpaired) electrons. The van der Waals surface area contributed by atoms with Gasteiger partial charge in [-0.3, -0.25) is 4.90 Å². The normalized spacial score (nSPS) is 13.6. The quantitative estimate of drug-likeness (QED) is 0.904. The summed E-state index contributed by atoms with van der Waals surface area (Å²) in [7, 11) is 2.10. The molecule has 2 nitrogen and oxygen atoms in total. The van der Waals surface area contributed by atoms with Crippen molar-refractivity contribution in [2.24, 2.45) is 5.73 Å². The van der Waals surface area contributed by atoms with Crippen LogP contribution in [0.1, 0.15) is 17.8 Å². The fraction of sp³-hybridized carbons (Fsp3) is 0.556. The van der Waals surface area contributed by atoms with Gasteiger partial charge in [-0.1, -0.05) is 0 Å². The van der Waals surface area contributed by atoms with E-state index in [0.29, 0.717) is 12.6 Å². The van der Waals surface area contributed by atoms with Gasteiger partial charge in [0.1, 0.15) is 0 Å². The van der Waals surface area contributed by atoms with Gasteiger partial charge < -0.3 is 5.73 Å². The van der Waals surface area contributed by atoms with Crippen molar-refractivity contribution in [1.29, 1.82) is 0 Å². The lowest BCUT2D eigenvalue weighted by atomic mass is 10.2. The summed E-state index contributed by atoms with van der Waals surface area (Å²) >= 11 is 5.24. The molecule has 13 heavy (non-hydrogen) atoms. The summed E-state index contributed by atoms with van der Waals surface area (Å²) in [5.41, 5.74) is 5.50. The summed E-state index contributed by atoms with van der Waals surface area (Å²) in [4.78, 5) is 3.64. The third-order valence-electron chi connectivity index (χ3n) is 2.14. The molecule has 0 saturated heterocycles. The van der Waals surface area contributed by atoms with E-state index in [1.54, 1.807) is 11.3 Å². The Morgan fingerprint density at radius 3 is 2.85 bits per heavy atom. The van der Waals surface area contributed by atoms with Crippen LogP contribution in [0, 0.1) is 0 Å². The zero-order valence-corrected chi connectivity index (χ0v) is 10.4. The van der Waals surface area contributed by atoms with Gasteiger partial charge in [0, 0.05) is 33.9 Å². The first-order valence-electron chi connectivity index (χ1n) is 4.29. The number of nitrogens with two attached hydrogens (primary N) is 1. The van der Waals surface area contributed by atoms with Gasteiger partial charge in [0.05, 0.1) is 0 Å². The van der Waals surface area contributed by atoms with E-state index in [1.807, 2.05) is 0 Å². The average Bonchev–Trinajstić information content (AvgIpc) is 2.51. The van der Waals surface area contributed by atoms with Gasteiger partial charge in [-0.2, -0.15) is 0 Å². The standard InChI is InChI=1S/C9H15BrN2S/c1-7(12(2)4-3-11)9-5-8(10)6-13-9/h5-7H,3-4,11H2,1-2H3. The monoisotopic (exact) mass is 262 g/mol. The highest BCUT2D eigenvalue weighted by Gasteiger charge is 2.12. The minimum atomic E-state index is 0.458. The zero-order chi connectivity index (χ0) is 9.84. The van der Waals surface area contributed by atoms with Crippen molar-refractivity contribution in [2.75, 3.05) is 20.1 Å². The Labute approximate surface area is 91.9 Å². The van der Waals surface area contributed by atoms with Crippen molar-refractivity contribution in [1.82, 2.24) is 4.90 Å². The van der Waals surface area contributed by atoms with Crippen LogP contribution in [0.4, 0.5) is 0 Å². The predicted molar refractivity (Wildman–Crippen MR) is 62.1 cm³/mol. The lowest BCUT2D eigenvalue weighted by Gasteiger charge is -2.22. The van der Waals surface area contributed by atoms with E-state index in [0.717, 1.165) is 6.54 Å². The van der Waals surface area contributed by atoms with Gasteiger partial charge >= 0.3 is 0 Å². The fourth-order valence-corrected chi connectivity index (χ4v) is 2.73. The van der Waals surface area contributed by atoms with Gasteiger partial charge in [0.15, 0.2) is 0 Å². The predicted octanol–water partition coefficient (Wildman–Crippen LogP) is 2.46. The van der Waals surface area contributed by atoms with E-state index in [9.17, 15) is 0 Å². The van der Waals surface area contributed by atoms with Crippen molar-refractivity contribution in [3.8, 4) is 0 Å². The SMILES string of the molecule is CC(c1cc(Br)cs1)N(C)CCN. The van der Waals surface area contributed by atoms with Crippen LogP contribution in [0.25, 0.3) is 0 Å². The number of nitrogens with zero attached hydrogens (tertiary/aromatic N) is 1. The minimum Gasteiger partial charge on any atom is -0.329 e. The number of hydrogen-bond acceptors (Lipinski definition) is 3. The van der Waals surface area contributed by atoms with E-state index >= 15 is 0 Å². The molecular weight excluding hydrogens is 248 g/mol. The maximum absolute atomic E-state index is 5.50. The minimum absolute atomic E-state index is 0.458. The molecule has 0 aliphatic carbocycles. The van der Waals surface area contributed by atoms with Gasteiger partial charge in [0.25, 0.3) is 0 Å². The molecule has 0 amide bonds. The van der Waals surface area contributed by atoms with Crippen molar-refractivity contribution >= 4 is 27.3 Å². The van der Waals surface area contributed by atoms with Crippen LogP contribution < -0.4 is 5.73 Å². The highest BCUT2D eigenvalue weighted by molar-refractivity contribution is 9.10. The molecule has 0 aromatic carbocycles. The fourth-order valence-electron chi connectivity index (χ4n) is 1.16. The van der Waals surface area contributed by atoms with Crippen LogP contribution in [-0.4, -0.2) is 25.0 Å². The highest BCUT2D eigenvalue weighted by Crippen LogP contribution is 2.28. The highest BCUT2D eigenvalue weighted by atomic mass is 79.9. The molecule has 1 aromatic rings. The second-order valence-electron chi connectivity index (χ2n) is 3.11. The summed E-state index contributed by atoms with van der Waals surface area (Å²) in [5, 5.41) is 2.11. The van der Waals surface area contributed by atoms with Gasteiger partial charge in [-0.05, 0) is 36.0 Å². The third-order valence-corrected chi connectivity index (χ3v) is 4.01. The number of hydrogen-bond donors (Lipinski definition) is 1. The van der Waals surface area contributed by atoms with Crippen LogP contribution in [0.15, 0.2) is 15.9 Å². The lowest BCUT2D eigenvalue weighted by Crippen LogP contribution is -2.27. The number of thiophene rings is 1. The van der Waals surface area contributed by atoms with E-state index in [-0.39, 0.29) is 0 Å². The maximum atomic E-state index is 5.50. The molecule has 1 aromatic heterocycles. The summed E-state index contributed by atoms with van der Waals surface area (Å²) in [6, 6.07) is 2.63. The van der Waals surface area contributed by atoms with Crippen LogP contribution in [0.5, 0.6) is 0 Å². The molecule has 1 atom stereocenters. The first kappa shape index (κ1) is 11.2. The molecular formula is C9H15BrN2S. The molecule has 2 N–H and O–H groups in total. The summed E-state index contributed by atoms with van der Waals surface area (Å²) < 4.78 is 1.17. The molecule has 0 bridgehead atoms. The van der Waals surface area contributed by atoms with Crippen molar-refractivity contribution in [3.63, 3.8) is 0 Å². The molecule has 1 rings (SSSR count). The molecule has 0 fully saturated rings. The lowest BCUT2D eigenvalue weighted by molar-refractivity contribution is 0.272. The molecule has 1 unspecified atom stereocenters. The molecule has 74 valence electrons. The van der Waals surface area contributed by atoms with Crippen LogP contribution >= 0.6 is 27.3 Å². The first-order chi connectivity index (χ1) is 6.15. The smallest absolute Gasteiger partial charge is 0.0411 e. The third kappa shape index (κ3) is 3.06. The second-order valence-corrected chi connectivity index (χ2v) is 4.97. The van der Waals surface area contributed by atoms with Crippen LogP contribution in [0.2, 0.25) is 0 Å². The molecule has 0 aliphatic rings. The van der Waals surface area contributed by atoms with E-state index in [4.69, 9.17) is 5.73 Å². The molecule has 1 heterocycles. The van der Waals surface area contributed by atoms with E-state index in [1.165, 1.54) is 9.35 Å². The Balaban J connectivity index is 2.61. The zero-order valence-electron chi connectivity index (χ0n) is 7.96. The van der Waals surface area contributed by atoms with Crippen LogP contribution in [-0.2, 0) is 0 Å². The summed E-state index contributed by atoms with van der Waals surface area (Å²) in [6.07, 6.45) is 0. The Morgan fingerprint density at radius 2 is 2.38 bits per heavy atom. The first-order valence-corrected chi connectivity index (χ1v) is 5.96. The van der Waals surface area contributed by atoms with E-state index < -0.39 is 0 Å². The molecule has 0 spiro atoms. The average molecular weight is 263 g/mol. The van der Waals surface area contributed by atoms with Gasteiger partial charge in [0.2, 0.25) is 0 Å². The summed E-state index contributed by atoms with van der Waals surface area (Å²) in [6.45, 7) is 3.86. The van der Waals surface area contributed by atoms with Gasteiger partial charge in [-0.15, -0.1) is 11.3 Å².